The fraction of sp³-hybridized carbons (Fsp3) is 0.167. The molecule has 0 amide bonds. The second-order valence-electron chi connectivity index (χ2n) is 5.68. The first-order valence-corrected chi connectivity index (χ1v) is 9.51. The molecule has 0 aliphatic heterocycles. The van der Waals surface area contributed by atoms with E-state index in [1.807, 2.05) is 44.2 Å². The zero-order valence-electron chi connectivity index (χ0n) is 13.8. The number of halogens is 1. The lowest BCUT2D eigenvalue weighted by Crippen LogP contribution is -2.23. The summed E-state index contributed by atoms with van der Waals surface area (Å²) >= 11 is 6.01. The van der Waals surface area contributed by atoms with E-state index >= 15 is 0 Å². The molecule has 3 rings (SSSR count). The zero-order chi connectivity index (χ0) is 18.0. The third-order valence-electron chi connectivity index (χ3n) is 3.94. The quantitative estimate of drug-likeness (QED) is 0.727. The van der Waals surface area contributed by atoms with E-state index in [1.54, 1.807) is 6.07 Å². The van der Waals surface area contributed by atoms with E-state index in [-0.39, 0.29) is 11.4 Å². The average molecular weight is 377 g/mol. The first kappa shape index (κ1) is 17.7. The number of nitrogens with one attached hydrogen (secondary N) is 1. The fourth-order valence-electron chi connectivity index (χ4n) is 2.38. The van der Waals surface area contributed by atoms with Gasteiger partial charge in [-0.1, -0.05) is 53.2 Å². The van der Waals surface area contributed by atoms with Crippen LogP contribution < -0.4 is 4.72 Å². The minimum atomic E-state index is -3.69. The predicted octanol–water partition coefficient (Wildman–Crippen LogP) is 4.09. The summed E-state index contributed by atoms with van der Waals surface area (Å²) in [6, 6.07) is 14.2. The Hall–Kier alpha value is -2.15. The van der Waals surface area contributed by atoms with E-state index in [0.29, 0.717) is 16.5 Å². The smallest absolute Gasteiger partial charge is 0.240 e. The molecule has 7 heteroatoms. The van der Waals surface area contributed by atoms with Crippen LogP contribution in [0.5, 0.6) is 0 Å². The van der Waals surface area contributed by atoms with Crippen LogP contribution >= 0.6 is 11.6 Å². The van der Waals surface area contributed by atoms with Crippen molar-refractivity contribution < 1.29 is 12.9 Å². The molecule has 0 aliphatic rings. The van der Waals surface area contributed by atoms with Gasteiger partial charge in [0.05, 0.1) is 11.4 Å². The molecule has 2 aromatic carbocycles. The van der Waals surface area contributed by atoms with Crippen LogP contribution in [-0.4, -0.2) is 13.6 Å². The van der Waals surface area contributed by atoms with Crippen LogP contribution in [0.25, 0.3) is 11.3 Å². The van der Waals surface area contributed by atoms with Gasteiger partial charge in [0.2, 0.25) is 10.0 Å². The highest BCUT2D eigenvalue weighted by molar-refractivity contribution is 7.89. The van der Waals surface area contributed by atoms with Gasteiger partial charge in [-0.2, -0.15) is 0 Å². The average Bonchev–Trinajstić information content (AvgIpc) is 2.97. The van der Waals surface area contributed by atoms with Crippen LogP contribution in [0.3, 0.4) is 0 Å². The van der Waals surface area contributed by atoms with Crippen LogP contribution in [0.1, 0.15) is 16.8 Å². The lowest BCUT2D eigenvalue weighted by atomic mass is 10.1. The molecular formula is C18H17ClN2O3S. The summed E-state index contributed by atoms with van der Waals surface area (Å²) in [5.74, 6) is 0.633. The molecule has 1 aromatic heterocycles. The minimum absolute atomic E-state index is 0.0377. The Kier molecular flexibility index (Phi) is 4.94. The number of aryl methyl sites for hydroxylation is 1. The fourth-order valence-corrected chi connectivity index (χ4v) is 3.64. The predicted molar refractivity (Wildman–Crippen MR) is 96.9 cm³/mol. The summed E-state index contributed by atoms with van der Waals surface area (Å²) < 4.78 is 32.8. The Bertz CT molecular complexity index is 998. The highest BCUT2D eigenvalue weighted by atomic mass is 35.5. The molecule has 3 aromatic rings. The Labute approximate surface area is 151 Å². The Morgan fingerprint density at radius 3 is 2.52 bits per heavy atom. The van der Waals surface area contributed by atoms with Crippen LogP contribution in [0.2, 0.25) is 5.02 Å². The highest BCUT2D eigenvalue weighted by Gasteiger charge is 2.18. The summed E-state index contributed by atoms with van der Waals surface area (Å²) in [6.45, 7) is 3.71. The maximum absolute atomic E-state index is 12.4. The topological polar surface area (TPSA) is 72.2 Å². The van der Waals surface area contributed by atoms with Crippen molar-refractivity contribution in [2.24, 2.45) is 0 Å². The number of aromatic nitrogens is 1. The number of rotatable bonds is 5. The molecule has 0 atom stereocenters. The SMILES string of the molecule is Cc1ccc(S(=O)(=O)NCc2noc(-c3ccccc3)c2C)cc1Cl. The Morgan fingerprint density at radius 2 is 1.84 bits per heavy atom. The Balaban J connectivity index is 1.80. The molecule has 25 heavy (non-hydrogen) atoms. The number of hydrogen-bond donors (Lipinski definition) is 1. The van der Waals surface area contributed by atoms with Crippen LogP contribution in [0.15, 0.2) is 57.9 Å². The van der Waals surface area contributed by atoms with Gasteiger partial charge in [-0.15, -0.1) is 0 Å². The minimum Gasteiger partial charge on any atom is -0.356 e. The van der Waals surface area contributed by atoms with E-state index in [1.165, 1.54) is 12.1 Å². The molecule has 0 spiro atoms. The number of sulfonamides is 1. The van der Waals surface area contributed by atoms with Crippen LogP contribution in [-0.2, 0) is 16.6 Å². The van der Waals surface area contributed by atoms with E-state index in [2.05, 4.69) is 9.88 Å². The third-order valence-corrected chi connectivity index (χ3v) is 5.75. The van der Waals surface area contributed by atoms with Gasteiger partial charge >= 0.3 is 0 Å². The van der Waals surface area contributed by atoms with Crippen molar-refractivity contribution in [3.63, 3.8) is 0 Å². The van der Waals surface area contributed by atoms with Crippen molar-refractivity contribution in [2.75, 3.05) is 0 Å². The molecule has 0 aliphatic carbocycles. The number of benzene rings is 2. The maximum atomic E-state index is 12.4. The summed E-state index contributed by atoms with van der Waals surface area (Å²) in [5, 5.41) is 4.40. The van der Waals surface area contributed by atoms with Gasteiger partial charge in [0.25, 0.3) is 0 Å². The molecule has 0 bridgehead atoms. The summed E-state index contributed by atoms with van der Waals surface area (Å²) in [7, 11) is -3.69. The van der Waals surface area contributed by atoms with E-state index in [9.17, 15) is 8.42 Å². The third kappa shape index (κ3) is 3.76. The maximum Gasteiger partial charge on any atom is 0.240 e. The molecule has 0 saturated heterocycles. The lowest BCUT2D eigenvalue weighted by molar-refractivity contribution is 0.422. The van der Waals surface area contributed by atoms with Crippen molar-refractivity contribution in [1.82, 2.24) is 9.88 Å². The second kappa shape index (κ2) is 7.00. The van der Waals surface area contributed by atoms with Gasteiger partial charge < -0.3 is 4.52 Å². The van der Waals surface area contributed by atoms with E-state index < -0.39 is 10.0 Å². The highest BCUT2D eigenvalue weighted by Crippen LogP contribution is 2.26. The molecule has 1 N–H and O–H groups in total. The number of hydrogen-bond acceptors (Lipinski definition) is 4. The first-order valence-electron chi connectivity index (χ1n) is 7.65. The molecule has 130 valence electrons. The Morgan fingerprint density at radius 1 is 1.12 bits per heavy atom. The molecule has 5 nitrogen and oxygen atoms in total. The van der Waals surface area contributed by atoms with Gasteiger partial charge in [0, 0.05) is 16.1 Å². The van der Waals surface area contributed by atoms with Crippen molar-refractivity contribution in [1.29, 1.82) is 0 Å². The lowest BCUT2D eigenvalue weighted by Gasteiger charge is -2.07. The molecule has 0 unspecified atom stereocenters. The summed E-state index contributed by atoms with van der Waals surface area (Å²) in [5.41, 5.74) is 3.06. The molecule has 1 heterocycles. The molecule has 0 fully saturated rings. The van der Waals surface area contributed by atoms with Gasteiger partial charge in [-0.3, -0.25) is 0 Å². The monoisotopic (exact) mass is 376 g/mol. The van der Waals surface area contributed by atoms with Crippen LogP contribution in [0.4, 0.5) is 0 Å². The summed E-state index contributed by atoms with van der Waals surface area (Å²) in [4.78, 5) is 0.118. The van der Waals surface area contributed by atoms with Crippen molar-refractivity contribution in [3.05, 3.63) is 70.4 Å². The van der Waals surface area contributed by atoms with Gasteiger partial charge in [-0.05, 0) is 31.5 Å². The summed E-state index contributed by atoms with van der Waals surface area (Å²) in [6.07, 6.45) is 0. The van der Waals surface area contributed by atoms with Gasteiger partial charge in [0.1, 0.15) is 5.69 Å². The molecular weight excluding hydrogens is 360 g/mol. The molecule has 0 saturated carbocycles. The number of nitrogens with zero attached hydrogens (tertiary/aromatic N) is 1. The van der Waals surface area contributed by atoms with E-state index in [0.717, 1.165) is 16.7 Å². The van der Waals surface area contributed by atoms with Crippen molar-refractivity contribution in [3.8, 4) is 11.3 Å². The van der Waals surface area contributed by atoms with Crippen molar-refractivity contribution >= 4 is 21.6 Å². The standard InChI is InChI=1S/C18H17ClN2O3S/c1-12-8-9-15(10-16(12)19)25(22,23)20-11-17-13(2)18(24-21-17)14-6-4-3-5-7-14/h3-10,20H,11H2,1-2H3. The molecule has 0 radical (unpaired) electrons. The van der Waals surface area contributed by atoms with Crippen molar-refractivity contribution in [2.45, 2.75) is 25.3 Å². The second-order valence-corrected chi connectivity index (χ2v) is 7.86. The normalized spacial score (nSPS) is 11.6. The largest absolute Gasteiger partial charge is 0.356 e. The zero-order valence-corrected chi connectivity index (χ0v) is 15.4. The van der Waals surface area contributed by atoms with Gasteiger partial charge in [0.15, 0.2) is 5.76 Å². The van der Waals surface area contributed by atoms with Crippen LogP contribution in [0, 0.1) is 13.8 Å². The van der Waals surface area contributed by atoms with E-state index in [4.69, 9.17) is 16.1 Å². The first-order chi connectivity index (χ1) is 11.9. The van der Waals surface area contributed by atoms with Gasteiger partial charge in [-0.25, -0.2) is 13.1 Å².